The lowest BCUT2D eigenvalue weighted by molar-refractivity contribution is -0.383. The molecule has 7 heteroatoms. The highest BCUT2D eigenvalue weighted by Crippen LogP contribution is 2.30. The van der Waals surface area contributed by atoms with Gasteiger partial charge in [-0.05, 0) is 12.1 Å². The molecule has 1 aromatic carbocycles. The Morgan fingerprint density at radius 1 is 1.33 bits per heavy atom. The molecule has 0 aliphatic carbocycles. The van der Waals surface area contributed by atoms with Gasteiger partial charge in [0.05, 0.1) is 36.2 Å². The molecule has 0 bridgehead atoms. The van der Waals surface area contributed by atoms with Crippen LogP contribution >= 0.6 is 0 Å². The van der Waals surface area contributed by atoms with E-state index in [4.69, 9.17) is 9.47 Å². The average Bonchev–Trinajstić information content (AvgIpc) is 2.53. The molecular formula is C14H15N3O4. The third-order valence-corrected chi connectivity index (χ3v) is 3.40. The van der Waals surface area contributed by atoms with Gasteiger partial charge in [-0.15, -0.1) is 0 Å². The van der Waals surface area contributed by atoms with E-state index < -0.39 is 4.92 Å². The van der Waals surface area contributed by atoms with E-state index in [1.807, 2.05) is 0 Å². The van der Waals surface area contributed by atoms with Crippen molar-refractivity contribution in [2.24, 2.45) is 0 Å². The van der Waals surface area contributed by atoms with Crippen LogP contribution in [0.3, 0.4) is 0 Å². The van der Waals surface area contributed by atoms with Crippen molar-refractivity contribution in [3.05, 3.63) is 40.7 Å². The topological polar surface area (TPSA) is 86.5 Å². The lowest BCUT2D eigenvalue weighted by Gasteiger charge is -2.23. The van der Waals surface area contributed by atoms with Crippen LogP contribution in [0.5, 0.6) is 0 Å². The predicted molar refractivity (Wildman–Crippen MR) is 77.4 cm³/mol. The molecule has 0 spiro atoms. The number of rotatable bonds is 4. The SMILES string of the molecule is O=[N+]([O-])c1ccc(NCC2COCCO2)c2ccncc12. The quantitative estimate of drug-likeness (QED) is 0.684. The summed E-state index contributed by atoms with van der Waals surface area (Å²) in [5.74, 6) is 0. The van der Waals surface area contributed by atoms with Crippen molar-refractivity contribution in [1.29, 1.82) is 0 Å². The lowest BCUT2D eigenvalue weighted by atomic mass is 10.1. The van der Waals surface area contributed by atoms with Gasteiger partial charge in [-0.1, -0.05) is 0 Å². The smallest absolute Gasteiger partial charge is 0.278 e. The number of hydrogen-bond acceptors (Lipinski definition) is 6. The molecule has 1 atom stereocenters. The lowest BCUT2D eigenvalue weighted by Crippen LogP contribution is -2.34. The number of fused-ring (bicyclic) bond motifs is 1. The molecule has 110 valence electrons. The first-order chi connectivity index (χ1) is 10.3. The standard InChI is InChI=1S/C14H15N3O4/c18-17(19)14-2-1-13(11-3-4-15-8-12(11)14)16-7-10-9-20-5-6-21-10/h1-4,8,10,16H,5-7,9H2. The molecule has 1 aliphatic rings. The van der Waals surface area contributed by atoms with Gasteiger partial charge in [0.2, 0.25) is 0 Å². The van der Waals surface area contributed by atoms with E-state index in [-0.39, 0.29) is 11.8 Å². The highest BCUT2D eigenvalue weighted by atomic mass is 16.6. The number of anilines is 1. The molecule has 2 heterocycles. The van der Waals surface area contributed by atoms with E-state index in [0.29, 0.717) is 31.8 Å². The highest BCUT2D eigenvalue weighted by molar-refractivity contribution is 5.99. The Morgan fingerprint density at radius 2 is 2.24 bits per heavy atom. The van der Waals surface area contributed by atoms with Crippen LogP contribution in [0.2, 0.25) is 0 Å². The fourth-order valence-electron chi connectivity index (χ4n) is 2.37. The van der Waals surface area contributed by atoms with Crippen LogP contribution in [0.25, 0.3) is 10.8 Å². The van der Waals surface area contributed by atoms with E-state index in [1.54, 1.807) is 18.3 Å². The van der Waals surface area contributed by atoms with Crippen LogP contribution in [0, 0.1) is 10.1 Å². The molecule has 0 radical (unpaired) electrons. The van der Waals surface area contributed by atoms with Crippen molar-refractivity contribution >= 4 is 22.1 Å². The third-order valence-electron chi connectivity index (χ3n) is 3.40. The van der Waals surface area contributed by atoms with Gasteiger partial charge >= 0.3 is 0 Å². The first kappa shape index (κ1) is 13.7. The second-order valence-electron chi connectivity index (χ2n) is 4.76. The summed E-state index contributed by atoms with van der Waals surface area (Å²) < 4.78 is 10.9. The molecule has 1 N–H and O–H groups in total. The van der Waals surface area contributed by atoms with Crippen molar-refractivity contribution < 1.29 is 14.4 Å². The number of nitrogens with one attached hydrogen (secondary N) is 1. The Labute approximate surface area is 121 Å². The van der Waals surface area contributed by atoms with Crippen molar-refractivity contribution in [2.45, 2.75) is 6.10 Å². The van der Waals surface area contributed by atoms with Gasteiger partial charge < -0.3 is 14.8 Å². The van der Waals surface area contributed by atoms with Gasteiger partial charge in [-0.3, -0.25) is 15.1 Å². The van der Waals surface area contributed by atoms with Crippen molar-refractivity contribution in [2.75, 3.05) is 31.7 Å². The van der Waals surface area contributed by atoms with Crippen molar-refractivity contribution in [3.8, 4) is 0 Å². The normalized spacial score (nSPS) is 18.6. The summed E-state index contributed by atoms with van der Waals surface area (Å²) in [7, 11) is 0. The number of benzene rings is 1. The second-order valence-corrected chi connectivity index (χ2v) is 4.76. The molecule has 3 rings (SSSR count). The fourth-order valence-corrected chi connectivity index (χ4v) is 2.37. The summed E-state index contributed by atoms with van der Waals surface area (Å²) >= 11 is 0. The largest absolute Gasteiger partial charge is 0.382 e. The number of pyridine rings is 1. The Morgan fingerprint density at radius 3 is 3.00 bits per heavy atom. The first-order valence-corrected chi connectivity index (χ1v) is 6.70. The maximum absolute atomic E-state index is 11.1. The van der Waals surface area contributed by atoms with Gasteiger partial charge in [-0.2, -0.15) is 0 Å². The molecule has 2 aromatic rings. The minimum absolute atomic E-state index is 0.00849. The molecule has 7 nitrogen and oxygen atoms in total. The van der Waals surface area contributed by atoms with Gasteiger partial charge in [0.25, 0.3) is 5.69 Å². The van der Waals surface area contributed by atoms with E-state index in [9.17, 15) is 10.1 Å². The Balaban J connectivity index is 1.85. The van der Waals surface area contributed by atoms with Crippen LogP contribution in [-0.2, 0) is 9.47 Å². The van der Waals surface area contributed by atoms with E-state index in [1.165, 1.54) is 12.3 Å². The van der Waals surface area contributed by atoms with E-state index in [2.05, 4.69) is 10.3 Å². The summed E-state index contributed by atoms with van der Waals surface area (Å²) in [6.45, 7) is 2.37. The van der Waals surface area contributed by atoms with Crippen LogP contribution in [0.1, 0.15) is 0 Å². The van der Waals surface area contributed by atoms with Crippen LogP contribution in [0.15, 0.2) is 30.6 Å². The zero-order valence-electron chi connectivity index (χ0n) is 11.3. The summed E-state index contributed by atoms with van der Waals surface area (Å²) in [5.41, 5.74) is 0.882. The highest BCUT2D eigenvalue weighted by Gasteiger charge is 2.17. The number of aromatic nitrogens is 1. The zero-order valence-corrected chi connectivity index (χ0v) is 11.3. The van der Waals surface area contributed by atoms with Crippen molar-refractivity contribution in [1.82, 2.24) is 4.98 Å². The van der Waals surface area contributed by atoms with Crippen LogP contribution < -0.4 is 5.32 Å². The number of hydrogen-bond donors (Lipinski definition) is 1. The van der Waals surface area contributed by atoms with Crippen LogP contribution in [0.4, 0.5) is 11.4 Å². The van der Waals surface area contributed by atoms with Gasteiger partial charge in [0.1, 0.15) is 0 Å². The maximum Gasteiger partial charge on any atom is 0.278 e. The van der Waals surface area contributed by atoms with Gasteiger partial charge in [0, 0.05) is 36.1 Å². The Hall–Kier alpha value is -2.25. The average molecular weight is 289 g/mol. The van der Waals surface area contributed by atoms with Crippen molar-refractivity contribution in [3.63, 3.8) is 0 Å². The number of ether oxygens (including phenoxy) is 2. The van der Waals surface area contributed by atoms with Gasteiger partial charge in [-0.25, -0.2) is 0 Å². The third kappa shape index (κ3) is 2.93. The second kappa shape index (κ2) is 6.02. The molecule has 0 amide bonds. The van der Waals surface area contributed by atoms with E-state index in [0.717, 1.165) is 11.1 Å². The number of nitro benzene ring substituents is 1. The number of nitro groups is 1. The Bertz CT molecular complexity index is 656. The van der Waals surface area contributed by atoms with E-state index >= 15 is 0 Å². The predicted octanol–water partition coefficient (Wildman–Crippen LogP) is 1.97. The number of non-ortho nitro benzene ring substituents is 1. The van der Waals surface area contributed by atoms with Gasteiger partial charge in [0.15, 0.2) is 0 Å². The maximum atomic E-state index is 11.1. The summed E-state index contributed by atoms with van der Waals surface area (Å²) in [6.07, 6.45) is 3.13. The zero-order chi connectivity index (χ0) is 14.7. The molecule has 21 heavy (non-hydrogen) atoms. The molecule has 1 aliphatic heterocycles. The molecular weight excluding hydrogens is 274 g/mol. The van der Waals surface area contributed by atoms with Crippen LogP contribution in [-0.4, -0.2) is 42.4 Å². The summed E-state index contributed by atoms with van der Waals surface area (Å²) in [6, 6.07) is 4.97. The minimum atomic E-state index is -0.397. The monoisotopic (exact) mass is 289 g/mol. The summed E-state index contributed by atoms with van der Waals surface area (Å²) in [5, 5.41) is 15.6. The Kier molecular flexibility index (Phi) is 3.94. The molecule has 1 unspecified atom stereocenters. The molecule has 1 saturated heterocycles. The molecule has 1 aromatic heterocycles. The molecule has 1 fully saturated rings. The fraction of sp³-hybridized carbons (Fsp3) is 0.357. The first-order valence-electron chi connectivity index (χ1n) is 6.70. The summed E-state index contributed by atoms with van der Waals surface area (Å²) in [4.78, 5) is 14.6. The molecule has 0 saturated carbocycles. The minimum Gasteiger partial charge on any atom is -0.382 e. The number of nitrogens with zero attached hydrogens (tertiary/aromatic N) is 2.